The summed E-state index contributed by atoms with van der Waals surface area (Å²) in [5.74, 6) is -0.356. The third kappa shape index (κ3) is 1.29. The Morgan fingerprint density at radius 2 is 1.80 bits per heavy atom. The van der Waals surface area contributed by atoms with E-state index in [1.165, 1.54) is 33.9 Å². The number of carbonyl (C=O) groups excluding carboxylic acids is 2. The van der Waals surface area contributed by atoms with Gasteiger partial charge in [-0.1, -0.05) is 0 Å². The van der Waals surface area contributed by atoms with E-state index in [9.17, 15) is 9.59 Å². The van der Waals surface area contributed by atoms with Gasteiger partial charge in [-0.2, -0.15) is 0 Å². The first-order chi connectivity index (χ1) is 4.75. The molecule has 4 heteroatoms. The van der Waals surface area contributed by atoms with Crippen molar-refractivity contribution in [3.05, 3.63) is 12.2 Å². The zero-order valence-corrected chi connectivity index (χ0v) is 7.83. The molecule has 54 valence electrons. The molecule has 10 heavy (non-hydrogen) atoms. The van der Waals surface area contributed by atoms with Crippen LogP contribution in [0.5, 0.6) is 0 Å². The molecule has 0 fully saturated rings. The number of imide groups is 1. The first kappa shape index (κ1) is 7.54. The molecule has 1 aliphatic rings. The summed E-state index contributed by atoms with van der Waals surface area (Å²) < 4.78 is 0. The predicted octanol–water partition coefficient (Wildman–Crippen LogP) is -1.04. The molecule has 0 saturated heterocycles. The summed E-state index contributed by atoms with van der Waals surface area (Å²) in [7, 11) is 0. The fourth-order valence-corrected chi connectivity index (χ4v) is 1.32. The number of amides is 2. The van der Waals surface area contributed by atoms with Crippen LogP contribution in [0.15, 0.2) is 12.2 Å². The van der Waals surface area contributed by atoms with Gasteiger partial charge < -0.3 is 0 Å². The first-order valence-electron chi connectivity index (χ1n) is 2.99. The van der Waals surface area contributed by atoms with Crippen LogP contribution in [0, 0.1) is 0 Å². The van der Waals surface area contributed by atoms with Gasteiger partial charge in [0.05, 0.1) is 0 Å². The van der Waals surface area contributed by atoms with Gasteiger partial charge in [-0.15, -0.1) is 0 Å². The van der Waals surface area contributed by atoms with E-state index in [0.29, 0.717) is 6.54 Å². The monoisotopic (exact) mass is 201 g/mol. The predicted molar refractivity (Wildman–Crippen MR) is 39.2 cm³/mol. The van der Waals surface area contributed by atoms with Crippen LogP contribution in [-0.2, 0) is 9.59 Å². The first-order valence-corrected chi connectivity index (χ1v) is 4.70. The van der Waals surface area contributed by atoms with Gasteiger partial charge in [0.2, 0.25) is 0 Å². The molecule has 1 rings (SSSR count). The number of carbonyl (C=O) groups is 2. The van der Waals surface area contributed by atoms with Gasteiger partial charge in [-0.05, 0) is 0 Å². The van der Waals surface area contributed by atoms with Crippen molar-refractivity contribution in [2.75, 3.05) is 6.54 Å². The third-order valence-corrected chi connectivity index (χ3v) is 1.79. The van der Waals surface area contributed by atoms with E-state index in [1.54, 1.807) is 0 Å². The van der Waals surface area contributed by atoms with Gasteiger partial charge in [0, 0.05) is 0 Å². The van der Waals surface area contributed by atoms with Crippen molar-refractivity contribution in [1.82, 2.24) is 4.90 Å². The summed E-state index contributed by atoms with van der Waals surface area (Å²) in [5, 5.41) is 0.881. The fourth-order valence-electron chi connectivity index (χ4n) is 0.781. The molecule has 0 N–H and O–H groups in total. The maximum atomic E-state index is 10.8. The van der Waals surface area contributed by atoms with E-state index in [0.717, 1.165) is 5.21 Å². The van der Waals surface area contributed by atoms with Crippen molar-refractivity contribution in [2.24, 2.45) is 0 Å². The van der Waals surface area contributed by atoms with E-state index < -0.39 is 0 Å². The van der Waals surface area contributed by atoms with Gasteiger partial charge in [0.25, 0.3) is 0 Å². The van der Waals surface area contributed by atoms with Crippen LogP contribution in [0.25, 0.3) is 0 Å². The second kappa shape index (κ2) is 3.02. The molecule has 2 amide bonds. The van der Waals surface area contributed by atoms with Crippen LogP contribution < -0.4 is 0 Å². The summed E-state index contributed by atoms with van der Waals surface area (Å²) in [6.45, 7) is 0.560. The minimum absolute atomic E-state index is 0.178. The Labute approximate surface area is 67.6 Å². The second-order valence-electron chi connectivity index (χ2n) is 1.95. The molecule has 0 aromatic carbocycles. The Bertz CT molecular complexity index is 182. The van der Waals surface area contributed by atoms with Crippen molar-refractivity contribution in [1.29, 1.82) is 0 Å². The van der Waals surface area contributed by atoms with Gasteiger partial charge in [0.1, 0.15) is 0 Å². The quantitative estimate of drug-likeness (QED) is 0.423. The molecule has 1 aliphatic heterocycles. The van der Waals surface area contributed by atoms with E-state index in [4.69, 9.17) is 0 Å². The third-order valence-electron chi connectivity index (χ3n) is 1.25. The Morgan fingerprint density at radius 1 is 1.30 bits per heavy atom. The van der Waals surface area contributed by atoms with Gasteiger partial charge in [0.15, 0.2) is 0 Å². The molecule has 0 aromatic rings. The summed E-state index contributed by atoms with van der Waals surface area (Å²) in [6, 6.07) is 0. The molecule has 1 atom stereocenters. The Balaban J connectivity index is 2.60. The number of nitrogens with zero attached hydrogens (tertiary/aromatic N) is 1. The van der Waals surface area contributed by atoms with Crippen molar-refractivity contribution < 1.29 is 9.59 Å². The molecule has 0 bridgehead atoms. The normalized spacial score (nSPS) is 17.1. The fraction of sp³-hybridized carbons (Fsp3) is 0.333. The molecule has 0 aromatic heterocycles. The van der Waals surface area contributed by atoms with Crippen molar-refractivity contribution in [3.63, 3.8) is 0 Å². The number of hydrogen-bond acceptors (Lipinski definition) is 2. The van der Waals surface area contributed by atoms with Gasteiger partial charge in [-0.25, -0.2) is 0 Å². The average molecular weight is 201 g/mol. The topological polar surface area (TPSA) is 37.4 Å². The van der Waals surface area contributed by atoms with Crippen LogP contribution >= 0.6 is 0 Å². The maximum absolute atomic E-state index is 10.8. The van der Waals surface area contributed by atoms with Crippen molar-refractivity contribution >= 4 is 28.7 Å². The SMILES string of the molecule is O=C1C=CC(=O)N1CC[AsH2]. The van der Waals surface area contributed by atoms with Crippen LogP contribution in [0.2, 0.25) is 5.21 Å². The van der Waals surface area contributed by atoms with Crippen LogP contribution in [-0.4, -0.2) is 40.1 Å². The van der Waals surface area contributed by atoms with Crippen molar-refractivity contribution in [3.8, 4) is 0 Å². The van der Waals surface area contributed by atoms with E-state index >= 15 is 0 Å². The molecule has 1 heterocycles. The molecule has 1 unspecified atom stereocenters. The van der Waals surface area contributed by atoms with E-state index in [-0.39, 0.29) is 11.8 Å². The zero-order valence-electron chi connectivity index (χ0n) is 5.41. The molecular weight excluding hydrogens is 193 g/mol. The van der Waals surface area contributed by atoms with Gasteiger partial charge in [-0.3, -0.25) is 0 Å². The van der Waals surface area contributed by atoms with Gasteiger partial charge >= 0.3 is 67.1 Å². The summed E-state index contributed by atoms with van der Waals surface area (Å²) >= 11 is 1.53. The molecule has 0 aliphatic carbocycles. The molecule has 3 nitrogen and oxygen atoms in total. The van der Waals surface area contributed by atoms with E-state index in [2.05, 4.69) is 0 Å². The standard InChI is InChI=1S/C6H8AsNO2/c7-3-4-8-5(9)1-2-6(8)10/h1-2H,3-4,7H2. The van der Waals surface area contributed by atoms with Crippen LogP contribution in [0.3, 0.4) is 0 Å². The zero-order chi connectivity index (χ0) is 7.56. The Kier molecular flexibility index (Phi) is 2.28. The molecule has 0 spiro atoms. The average Bonchev–Trinajstić information content (AvgIpc) is 2.20. The van der Waals surface area contributed by atoms with Crippen LogP contribution in [0.1, 0.15) is 0 Å². The van der Waals surface area contributed by atoms with E-state index in [1.807, 2.05) is 0 Å². The minimum atomic E-state index is -0.178. The Morgan fingerprint density at radius 3 is 2.20 bits per heavy atom. The summed E-state index contributed by atoms with van der Waals surface area (Å²) in [4.78, 5) is 22.9. The second-order valence-corrected chi connectivity index (χ2v) is 3.16. The summed E-state index contributed by atoms with van der Waals surface area (Å²) in [6.07, 6.45) is 2.62. The van der Waals surface area contributed by atoms with Crippen molar-refractivity contribution in [2.45, 2.75) is 5.21 Å². The molecular formula is C6H8AsNO2. The molecule has 0 radical (unpaired) electrons. The number of hydrogen-bond donors (Lipinski definition) is 0. The van der Waals surface area contributed by atoms with Crippen LogP contribution in [0.4, 0.5) is 0 Å². The number of rotatable bonds is 2. The molecule has 0 saturated carbocycles. The summed E-state index contributed by atoms with van der Waals surface area (Å²) in [5.41, 5.74) is 0. The Hall–Kier alpha value is -0.562.